The van der Waals surface area contributed by atoms with Crippen LogP contribution >= 0.6 is 0 Å². The van der Waals surface area contributed by atoms with Crippen LogP contribution < -0.4 is 20.9 Å². The number of ether oxygens (including phenoxy) is 1. The Hall–Kier alpha value is -2.38. The Bertz CT molecular complexity index is 755. The van der Waals surface area contributed by atoms with Gasteiger partial charge < -0.3 is 10.1 Å². The molecule has 3 unspecified atom stereocenters. The zero-order valence-corrected chi connectivity index (χ0v) is 13.7. The summed E-state index contributed by atoms with van der Waals surface area (Å²) in [7, 11) is 3.52. The van der Waals surface area contributed by atoms with Crippen LogP contribution in [0.5, 0.6) is 5.75 Å². The number of aromatic nitrogens is 2. The van der Waals surface area contributed by atoms with Gasteiger partial charge in [-0.05, 0) is 17.7 Å². The summed E-state index contributed by atoms with van der Waals surface area (Å²) in [6.07, 6.45) is 2.36. The number of aryl methyl sites for hydroxylation is 1. The molecule has 1 fully saturated rings. The fourth-order valence-corrected chi connectivity index (χ4v) is 3.78. The fourth-order valence-electron chi connectivity index (χ4n) is 3.78. The monoisotopic (exact) mass is 327 g/mol. The maximum atomic E-state index is 12.2. The Balaban J connectivity index is 1.66. The van der Waals surface area contributed by atoms with Gasteiger partial charge in [-0.15, -0.1) is 0 Å². The van der Waals surface area contributed by atoms with Crippen LogP contribution in [0, 0.1) is 5.92 Å². The summed E-state index contributed by atoms with van der Waals surface area (Å²) in [6.45, 7) is 0.809. The molecule has 1 aromatic carbocycles. The van der Waals surface area contributed by atoms with E-state index in [-0.39, 0.29) is 23.8 Å². The average Bonchev–Trinajstić information content (AvgIpc) is 3.22. The minimum atomic E-state index is 0.0523. The van der Waals surface area contributed by atoms with E-state index in [1.54, 1.807) is 11.8 Å². The molecule has 4 rings (SSSR count). The molecule has 3 atom stereocenters. The van der Waals surface area contributed by atoms with Crippen LogP contribution in [0.3, 0.4) is 0 Å². The standard InChI is InChI=1S/C17H21N5O2/c1-22-17-14(9-19-22)12(7-15(23)20-17)13-8-18-21-16(13)10-3-5-11(24-2)6-4-10/h3-6,9,12-13,16,18,21H,7-8H2,1-2H3,(H,20,23). The summed E-state index contributed by atoms with van der Waals surface area (Å²) in [5, 5.41) is 7.25. The quantitative estimate of drug-likeness (QED) is 0.792. The van der Waals surface area contributed by atoms with Gasteiger partial charge in [0.05, 0.1) is 19.3 Å². The Morgan fingerprint density at radius 3 is 2.83 bits per heavy atom. The number of anilines is 1. The molecule has 0 bridgehead atoms. The molecule has 7 nitrogen and oxygen atoms in total. The molecule has 126 valence electrons. The Morgan fingerprint density at radius 2 is 2.08 bits per heavy atom. The van der Waals surface area contributed by atoms with Crippen molar-refractivity contribution in [3.8, 4) is 5.75 Å². The van der Waals surface area contributed by atoms with Gasteiger partial charge >= 0.3 is 0 Å². The highest BCUT2D eigenvalue weighted by atomic mass is 16.5. The number of hydrazine groups is 1. The Kier molecular flexibility index (Phi) is 3.74. The number of nitrogens with zero attached hydrogens (tertiary/aromatic N) is 2. The van der Waals surface area contributed by atoms with Crippen molar-refractivity contribution in [2.75, 3.05) is 19.0 Å². The van der Waals surface area contributed by atoms with Crippen molar-refractivity contribution < 1.29 is 9.53 Å². The van der Waals surface area contributed by atoms with Crippen LogP contribution in [0.2, 0.25) is 0 Å². The van der Waals surface area contributed by atoms with Crippen molar-refractivity contribution in [3.05, 3.63) is 41.6 Å². The van der Waals surface area contributed by atoms with E-state index >= 15 is 0 Å². The van der Waals surface area contributed by atoms with Crippen molar-refractivity contribution >= 4 is 11.7 Å². The van der Waals surface area contributed by atoms with Gasteiger partial charge in [-0.3, -0.25) is 14.9 Å². The first-order chi connectivity index (χ1) is 11.7. The van der Waals surface area contributed by atoms with E-state index in [9.17, 15) is 4.79 Å². The molecule has 7 heteroatoms. The normalized spacial score (nSPS) is 26.1. The zero-order valence-electron chi connectivity index (χ0n) is 13.7. The number of methoxy groups -OCH3 is 1. The van der Waals surface area contributed by atoms with Crippen LogP contribution in [-0.2, 0) is 11.8 Å². The van der Waals surface area contributed by atoms with Gasteiger partial charge in [-0.2, -0.15) is 5.10 Å². The third kappa shape index (κ3) is 2.46. The van der Waals surface area contributed by atoms with E-state index in [0.717, 1.165) is 23.7 Å². The smallest absolute Gasteiger partial charge is 0.226 e. The van der Waals surface area contributed by atoms with Crippen molar-refractivity contribution in [2.24, 2.45) is 13.0 Å². The first-order valence-corrected chi connectivity index (χ1v) is 8.11. The number of nitrogens with one attached hydrogen (secondary N) is 3. The molecule has 1 aromatic heterocycles. The maximum Gasteiger partial charge on any atom is 0.226 e. The van der Waals surface area contributed by atoms with E-state index < -0.39 is 0 Å². The summed E-state index contributed by atoms with van der Waals surface area (Å²) in [4.78, 5) is 12.2. The number of hydrogen-bond acceptors (Lipinski definition) is 5. The molecular formula is C17H21N5O2. The van der Waals surface area contributed by atoms with Crippen LogP contribution in [-0.4, -0.2) is 29.3 Å². The average molecular weight is 327 g/mol. The highest BCUT2D eigenvalue weighted by Gasteiger charge is 2.40. The van der Waals surface area contributed by atoms with Crippen LogP contribution in [0.25, 0.3) is 0 Å². The van der Waals surface area contributed by atoms with E-state index in [1.807, 2.05) is 25.4 Å². The molecule has 3 heterocycles. The molecule has 24 heavy (non-hydrogen) atoms. The molecule has 0 saturated carbocycles. The predicted octanol–water partition coefficient (Wildman–Crippen LogP) is 1.32. The minimum absolute atomic E-state index is 0.0523. The lowest BCUT2D eigenvalue weighted by Crippen LogP contribution is -2.31. The molecular weight excluding hydrogens is 306 g/mol. The highest BCUT2D eigenvalue weighted by molar-refractivity contribution is 5.93. The first kappa shape index (κ1) is 15.2. The summed E-state index contributed by atoms with van der Waals surface area (Å²) < 4.78 is 6.97. The molecule has 3 N–H and O–H groups in total. The first-order valence-electron chi connectivity index (χ1n) is 8.11. The van der Waals surface area contributed by atoms with Gasteiger partial charge in [0.25, 0.3) is 0 Å². The second kappa shape index (κ2) is 5.92. The minimum Gasteiger partial charge on any atom is -0.497 e. The van der Waals surface area contributed by atoms with Gasteiger partial charge in [0.1, 0.15) is 11.6 Å². The van der Waals surface area contributed by atoms with Crippen LogP contribution in [0.4, 0.5) is 5.82 Å². The van der Waals surface area contributed by atoms with E-state index in [0.29, 0.717) is 6.42 Å². The molecule has 0 spiro atoms. The van der Waals surface area contributed by atoms with Gasteiger partial charge in [-0.1, -0.05) is 12.1 Å². The summed E-state index contributed by atoms with van der Waals surface area (Å²) in [5.41, 5.74) is 8.92. The largest absolute Gasteiger partial charge is 0.497 e. The third-order valence-electron chi connectivity index (χ3n) is 5.04. The van der Waals surface area contributed by atoms with E-state index in [1.165, 1.54) is 5.56 Å². The molecule has 2 aliphatic rings. The maximum absolute atomic E-state index is 12.2. The van der Waals surface area contributed by atoms with E-state index in [4.69, 9.17) is 4.74 Å². The Labute approximate surface area is 140 Å². The third-order valence-corrected chi connectivity index (χ3v) is 5.04. The molecule has 2 aliphatic heterocycles. The van der Waals surface area contributed by atoms with Crippen molar-refractivity contribution in [1.29, 1.82) is 0 Å². The number of hydrogen-bond donors (Lipinski definition) is 3. The van der Waals surface area contributed by atoms with Crippen LogP contribution in [0.1, 0.15) is 29.5 Å². The lowest BCUT2D eigenvalue weighted by molar-refractivity contribution is -0.117. The molecule has 2 aromatic rings. The molecule has 0 radical (unpaired) electrons. The number of carbonyl (C=O) groups excluding carboxylic acids is 1. The SMILES string of the molecule is COc1ccc(C2NNCC2C2CC(=O)Nc3c2cnn3C)cc1. The molecule has 1 amide bonds. The molecule has 1 saturated heterocycles. The van der Waals surface area contributed by atoms with Crippen LogP contribution in [0.15, 0.2) is 30.5 Å². The fraction of sp³-hybridized carbons (Fsp3) is 0.412. The van der Waals surface area contributed by atoms with Crippen molar-refractivity contribution in [2.45, 2.75) is 18.4 Å². The van der Waals surface area contributed by atoms with Gasteiger partial charge in [-0.25, -0.2) is 5.43 Å². The second-order valence-corrected chi connectivity index (χ2v) is 6.37. The number of benzene rings is 1. The lowest BCUT2D eigenvalue weighted by Gasteiger charge is -2.30. The number of rotatable bonds is 3. The predicted molar refractivity (Wildman–Crippen MR) is 89.6 cm³/mol. The summed E-state index contributed by atoms with van der Waals surface area (Å²) >= 11 is 0. The molecule has 0 aliphatic carbocycles. The summed E-state index contributed by atoms with van der Waals surface area (Å²) in [6, 6.07) is 8.22. The lowest BCUT2D eigenvalue weighted by atomic mass is 9.77. The summed E-state index contributed by atoms with van der Waals surface area (Å²) in [5.74, 6) is 2.12. The van der Waals surface area contributed by atoms with Crippen molar-refractivity contribution in [3.63, 3.8) is 0 Å². The zero-order chi connectivity index (χ0) is 16.7. The van der Waals surface area contributed by atoms with Gasteiger partial charge in [0, 0.05) is 37.4 Å². The van der Waals surface area contributed by atoms with E-state index in [2.05, 4.69) is 33.4 Å². The number of amides is 1. The highest BCUT2D eigenvalue weighted by Crippen LogP contribution is 2.43. The van der Waals surface area contributed by atoms with Crippen molar-refractivity contribution in [1.82, 2.24) is 20.6 Å². The number of carbonyl (C=O) groups is 1. The number of fused-ring (bicyclic) bond motifs is 1. The topological polar surface area (TPSA) is 80.2 Å². The van der Waals surface area contributed by atoms with Gasteiger partial charge in [0.15, 0.2) is 0 Å². The van der Waals surface area contributed by atoms with Gasteiger partial charge in [0.2, 0.25) is 5.91 Å². The Morgan fingerprint density at radius 1 is 1.29 bits per heavy atom. The second-order valence-electron chi connectivity index (χ2n) is 6.37.